The zero-order chi connectivity index (χ0) is 13.3. The summed E-state index contributed by atoms with van der Waals surface area (Å²) in [5.74, 6) is -0.296. The Morgan fingerprint density at radius 3 is 2.78 bits per heavy atom. The first kappa shape index (κ1) is 13.0. The van der Waals surface area contributed by atoms with Gasteiger partial charge in [0.05, 0.1) is 5.54 Å². The number of hydrogen-bond acceptors (Lipinski definition) is 2. The van der Waals surface area contributed by atoms with Crippen LogP contribution >= 0.6 is 0 Å². The summed E-state index contributed by atoms with van der Waals surface area (Å²) in [6.07, 6.45) is 0. The van der Waals surface area contributed by atoms with E-state index in [1.165, 1.54) is 6.07 Å². The first-order valence-electron chi connectivity index (χ1n) is 6.21. The van der Waals surface area contributed by atoms with Crippen molar-refractivity contribution in [2.75, 3.05) is 19.6 Å². The number of carbonyl (C=O) groups excluding carboxylic acids is 1. The Morgan fingerprint density at radius 2 is 2.17 bits per heavy atom. The third kappa shape index (κ3) is 2.38. The second-order valence-electron chi connectivity index (χ2n) is 5.41. The van der Waals surface area contributed by atoms with Crippen LogP contribution in [0.5, 0.6) is 0 Å². The molecule has 1 aromatic rings. The minimum absolute atomic E-state index is 0.0235. The number of carbonyl (C=O) groups is 1. The number of hydrogen-bond donors (Lipinski definition) is 1. The highest BCUT2D eigenvalue weighted by Gasteiger charge is 2.33. The van der Waals surface area contributed by atoms with Gasteiger partial charge in [0.1, 0.15) is 5.82 Å². The third-order valence-corrected chi connectivity index (χ3v) is 3.45. The summed E-state index contributed by atoms with van der Waals surface area (Å²) in [5, 5.41) is 3.28. The van der Waals surface area contributed by atoms with Crippen molar-refractivity contribution < 1.29 is 9.18 Å². The number of amides is 1. The van der Waals surface area contributed by atoms with Gasteiger partial charge in [-0.2, -0.15) is 0 Å². The molecule has 0 aromatic heterocycles. The number of nitrogens with one attached hydrogen (secondary N) is 1. The van der Waals surface area contributed by atoms with Gasteiger partial charge in [-0.05, 0) is 44.5 Å². The Bertz CT molecular complexity index is 471. The molecular weight excluding hydrogens is 231 g/mol. The number of benzene rings is 1. The summed E-state index contributed by atoms with van der Waals surface area (Å²) in [4.78, 5) is 14.3. The Balaban J connectivity index is 2.27. The van der Waals surface area contributed by atoms with Gasteiger partial charge in [0.15, 0.2) is 0 Å². The predicted octanol–water partition coefficient (Wildman–Crippen LogP) is 1.96. The molecule has 4 heteroatoms. The van der Waals surface area contributed by atoms with E-state index < -0.39 is 0 Å². The van der Waals surface area contributed by atoms with Crippen LogP contribution in [0.2, 0.25) is 0 Å². The Hall–Kier alpha value is -1.42. The van der Waals surface area contributed by atoms with Crippen LogP contribution in [0.1, 0.15) is 29.8 Å². The number of halogens is 1. The summed E-state index contributed by atoms with van der Waals surface area (Å²) in [6, 6.07) is 4.54. The van der Waals surface area contributed by atoms with E-state index in [1.54, 1.807) is 19.1 Å². The minimum Gasteiger partial charge on any atom is -0.331 e. The maximum atomic E-state index is 13.2. The van der Waals surface area contributed by atoms with Gasteiger partial charge >= 0.3 is 0 Å². The molecule has 1 heterocycles. The maximum Gasteiger partial charge on any atom is 0.254 e. The molecule has 0 aliphatic carbocycles. The average molecular weight is 250 g/mol. The van der Waals surface area contributed by atoms with E-state index in [4.69, 9.17) is 0 Å². The van der Waals surface area contributed by atoms with Gasteiger partial charge in [0, 0.05) is 25.2 Å². The molecule has 1 aliphatic heterocycles. The van der Waals surface area contributed by atoms with Crippen molar-refractivity contribution >= 4 is 5.91 Å². The molecule has 0 bridgehead atoms. The fraction of sp³-hybridized carbons (Fsp3) is 0.500. The molecular formula is C14H19FN2O. The molecule has 18 heavy (non-hydrogen) atoms. The van der Waals surface area contributed by atoms with Gasteiger partial charge in [-0.3, -0.25) is 4.79 Å². The van der Waals surface area contributed by atoms with Crippen LogP contribution in [-0.4, -0.2) is 36.0 Å². The fourth-order valence-corrected chi connectivity index (χ4v) is 2.29. The number of aryl methyl sites for hydroxylation is 1. The molecule has 1 N–H and O–H groups in total. The zero-order valence-corrected chi connectivity index (χ0v) is 11.1. The van der Waals surface area contributed by atoms with Gasteiger partial charge < -0.3 is 10.2 Å². The van der Waals surface area contributed by atoms with E-state index in [0.29, 0.717) is 17.7 Å². The average Bonchev–Trinajstić information content (AvgIpc) is 2.31. The van der Waals surface area contributed by atoms with E-state index in [-0.39, 0.29) is 17.3 Å². The molecule has 98 valence electrons. The minimum atomic E-state index is -0.272. The summed E-state index contributed by atoms with van der Waals surface area (Å²) < 4.78 is 13.2. The molecule has 1 fully saturated rings. The Labute approximate surface area is 107 Å². The lowest BCUT2D eigenvalue weighted by Crippen LogP contribution is -2.59. The van der Waals surface area contributed by atoms with E-state index in [9.17, 15) is 9.18 Å². The lowest BCUT2D eigenvalue weighted by molar-refractivity contribution is 0.0477. The number of rotatable bonds is 1. The number of nitrogens with zero attached hydrogens (tertiary/aromatic N) is 1. The third-order valence-electron chi connectivity index (χ3n) is 3.45. The van der Waals surface area contributed by atoms with Gasteiger partial charge in [-0.15, -0.1) is 0 Å². The standard InChI is InChI=1S/C14H19FN2O/c1-10-8-11(4-5-12(10)15)13(18)17-7-6-16-9-14(17,2)3/h4-5,8,16H,6-7,9H2,1-3H3. The van der Waals surface area contributed by atoms with Crippen molar-refractivity contribution in [1.82, 2.24) is 10.2 Å². The van der Waals surface area contributed by atoms with Gasteiger partial charge in [0.25, 0.3) is 5.91 Å². The lowest BCUT2D eigenvalue weighted by Gasteiger charge is -2.42. The van der Waals surface area contributed by atoms with Crippen molar-refractivity contribution in [3.05, 3.63) is 35.1 Å². The summed E-state index contributed by atoms with van der Waals surface area (Å²) in [6.45, 7) is 8.01. The first-order valence-corrected chi connectivity index (χ1v) is 6.21. The van der Waals surface area contributed by atoms with Crippen molar-refractivity contribution in [2.45, 2.75) is 26.3 Å². The van der Waals surface area contributed by atoms with Crippen LogP contribution in [0.4, 0.5) is 4.39 Å². The molecule has 1 aliphatic rings. The predicted molar refractivity (Wildman–Crippen MR) is 69.1 cm³/mol. The van der Waals surface area contributed by atoms with Crippen molar-refractivity contribution in [3.8, 4) is 0 Å². The second-order valence-corrected chi connectivity index (χ2v) is 5.41. The molecule has 1 saturated heterocycles. The van der Waals surface area contributed by atoms with Crippen molar-refractivity contribution in [2.24, 2.45) is 0 Å². The molecule has 0 unspecified atom stereocenters. The second kappa shape index (κ2) is 4.69. The number of piperazine rings is 1. The van der Waals surface area contributed by atoms with Crippen LogP contribution in [0.25, 0.3) is 0 Å². The van der Waals surface area contributed by atoms with Crippen LogP contribution in [0, 0.1) is 12.7 Å². The molecule has 3 nitrogen and oxygen atoms in total. The quantitative estimate of drug-likeness (QED) is 0.826. The maximum absolute atomic E-state index is 13.2. The van der Waals surface area contributed by atoms with E-state index in [0.717, 1.165) is 13.1 Å². The van der Waals surface area contributed by atoms with Crippen molar-refractivity contribution in [3.63, 3.8) is 0 Å². The highest BCUT2D eigenvalue weighted by atomic mass is 19.1. The molecule has 0 radical (unpaired) electrons. The monoisotopic (exact) mass is 250 g/mol. The SMILES string of the molecule is Cc1cc(C(=O)N2CCNCC2(C)C)ccc1F. The van der Waals surface area contributed by atoms with Crippen LogP contribution < -0.4 is 5.32 Å². The van der Waals surface area contributed by atoms with Crippen LogP contribution in [0.15, 0.2) is 18.2 Å². The van der Waals surface area contributed by atoms with Crippen LogP contribution in [0.3, 0.4) is 0 Å². The van der Waals surface area contributed by atoms with E-state index >= 15 is 0 Å². The Morgan fingerprint density at radius 1 is 1.44 bits per heavy atom. The molecule has 0 spiro atoms. The molecule has 0 saturated carbocycles. The normalized spacial score (nSPS) is 18.8. The lowest BCUT2D eigenvalue weighted by atomic mass is 9.98. The Kier molecular flexibility index (Phi) is 3.39. The van der Waals surface area contributed by atoms with Gasteiger partial charge in [0.2, 0.25) is 0 Å². The summed E-state index contributed by atoms with van der Waals surface area (Å²) in [7, 11) is 0. The summed E-state index contributed by atoms with van der Waals surface area (Å²) in [5.41, 5.74) is 0.857. The molecule has 0 atom stereocenters. The van der Waals surface area contributed by atoms with Crippen LogP contribution in [-0.2, 0) is 0 Å². The van der Waals surface area contributed by atoms with Crippen molar-refractivity contribution in [1.29, 1.82) is 0 Å². The fourth-order valence-electron chi connectivity index (χ4n) is 2.29. The van der Waals surface area contributed by atoms with E-state index in [1.807, 2.05) is 18.7 Å². The van der Waals surface area contributed by atoms with E-state index in [2.05, 4.69) is 5.32 Å². The van der Waals surface area contributed by atoms with Gasteiger partial charge in [-0.1, -0.05) is 0 Å². The smallest absolute Gasteiger partial charge is 0.254 e. The summed E-state index contributed by atoms with van der Waals surface area (Å²) >= 11 is 0. The highest BCUT2D eigenvalue weighted by Crippen LogP contribution is 2.20. The highest BCUT2D eigenvalue weighted by molar-refractivity contribution is 5.95. The van der Waals surface area contributed by atoms with Gasteiger partial charge in [-0.25, -0.2) is 4.39 Å². The topological polar surface area (TPSA) is 32.3 Å². The molecule has 2 rings (SSSR count). The largest absolute Gasteiger partial charge is 0.331 e. The molecule has 1 amide bonds. The zero-order valence-electron chi connectivity index (χ0n) is 11.1. The molecule has 1 aromatic carbocycles. The first-order chi connectivity index (χ1) is 8.42.